The van der Waals surface area contributed by atoms with E-state index in [0.717, 1.165) is 37.2 Å². The summed E-state index contributed by atoms with van der Waals surface area (Å²) in [5, 5.41) is 3.05. The average Bonchev–Trinajstić information content (AvgIpc) is 3.12. The van der Waals surface area contributed by atoms with Gasteiger partial charge in [0.25, 0.3) is 5.91 Å². The number of ether oxygens (including phenoxy) is 1. The van der Waals surface area contributed by atoms with Gasteiger partial charge in [-0.2, -0.15) is 0 Å². The molecule has 1 aliphatic carbocycles. The van der Waals surface area contributed by atoms with Crippen LogP contribution < -0.4 is 5.32 Å². The summed E-state index contributed by atoms with van der Waals surface area (Å²) in [6.45, 7) is 4.28. The van der Waals surface area contributed by atoms with Crippen LogP contribution in [0.25, 0.3) is 0 Å². The highest BCUT2D eigenvalue weighted by atomic mass is 16.5. The van der Waals surface area contributed by atoms with Gasteiger partial charge < -0.3 is 15.0 Å². The molecular formula is C23H34N2O2. The van der Waals surface area contributed by atoms with Crippen LogP contribution in [-0.4, -0.2) is 48.7 Å². The molecule has 1 atom stereocenters. The number of hydrogen-bond acceptors (Lipinski definition) is 3. The van der Waals surface area contributed by atoms with Crippen LogP contribution in [0.1, 0.15) is 68.1 Å². The second kappa shape index (κ2) is 8.74. The molecule has 2 saturated heterocycles. The van der Waals surface area contributed by atoms with Crippen LogP contribution in [-0.2, 0) is 4.74 Å². The maximum Gasteiger partial charge on any atom is 0.251 e. The molecule has 1 spiro atoms. The van der Waals surface area contributed by atoms with Crippen molar-refractivity contribution in [2.24, 2.45) is 5.92 Å². The Morgan fingerprint density at radius 3 is 2.52 bits per heavy atom. The summed E-state index contributed by atoms with van der Waals surface area (Å²) in [4.78, 5) is 14.9. The second-order valence-corrected chi connectivity index (χ2v) is 8.84. The molecule has 0 unspecified atom stereocenters. The van der Waals surface area contributed by atoms with E-state index >= 15 is 0 Å². The largest absolute Gasteiger partial charge is 0.370 e. The Morgan fingerprint density at radius 1 is 1.04 bits per heavy atom. The standard InChI is InChI=1S/C23H34N2O2/c26-22(20-9-5-2-6-10-20)24-17-21-11-12-23(27-21)13-15-25(16-14-23)18-19-7-3-1-4-8-19/h2,5-6,9-10,19,21H,1,3-4,7-8,11-18H2,(H,24,26)/t21-/m0/s1. The fraction of sp³-hybridized carbons (Fsp3) is 0.696. The van der Waals surface area contributed by atoms with E-state index in [1.54, 1.807) is 0 Å². The first-order chi connectivity index (χ1) is 13.2. The van der Waals surface area contributed by atoms with Gasteiger partial charge in [-0.05, 0) is 56.6 Å². The smallest absolute Gasteiger partial charge is 0.251 e. The van der Waals surface area contributed by atoms with Crippen molar-refractivity contribution in [3.05, 3.63) is 35.9 Å². The zero-order chi connectivity index (χ0) is 18.5. The minimum Gasteiger partial charge on any atom is -0.370 e. The maximum absolute atomic E-state index is 12.2. The topological polar surface area (TPSA) is 41.6 Å². The summed E-state index contributed by atoms with van der Waals surface area (Å²) < 4.78 is 6.47. The lowest BCUT2D eigenvalue weighted by Gasteiger charge is -2.40. The summed E-state index contributed by atoms with van der Waals surface area (Å²) >= 11 is 0. The third-order valence-electron chi connectivity index (χ3n) is 6.87. The molecule has 1 aromatic rings. The maximum atomic E-state index is 12.2. The first-order valence-corrected chi connectivity index (χ1v) is 11.0. The molecule has 2 heterocycles. The van der Waals surface area contributed by atoms with Crippen LogP contribution in [0.2, 0.25) is 0 Å². The summed E-state index contributed by atoms with van der Waals surface area (Å²) in [5.74, 6) is 0.931. The van der Waals surface area contributed by atoms with Crippen molar-refractivity contribution < 1.29 is 9.53 Å². The van der Waals surface area contributed by atoms with Crippen molar-refractivity contribution in [3.8, 4) is 0 Å². The molecule has 3 aliphatic rings. The van der Waals surface area contributed by atoms with Gasteiger partial charge in [0.15, 0.2) is 0 Å². The zero-order valence-corrected chi connectivity index (χ0v) is 16.5. The number of piperidine rings is 1. The number of likely N-dealkylation sites (tertiary alicyclic amines) is 1. The molecule has 27 heavy (non-hydrogen) atoms. The van der Waals surface area contributed by atoms with Gasteiger partial charge in [0.1, 0.15) is 0 Å². The van der Waals surface area contributed by atoms with E-state index in [9.17, 15) is 4.79 Å². The van der Waals surface area contributed by atoms with Crippen LogP contribution in [0.5, 0.6) is 0 Å². The number of carbonyl (C=O) groups is 1. The summed E-state index contributed by atoms with van der Waals surface area (Å²) in [6.07, 6.45) is 11.9. The third-order valence-corrected chi connectivity index (χ3v) is 6.87. The number of carbonyl (C=O) groups excluding carboxylic acids is 1. The van der Waals surface area contributed by atoms with E-state index in [1.165, 1.54) is 51.7 Å². The third kappa shape index (κ3) is 4.91. The first-order valence-electron chi connectivity index (χ1n) is 11.0. The predicted octanol–water partition coefficient (Wildman–Crippen LogP) is 4.01. The summed E-state index contributed by atoms with van der Waals surface area (Å²) in [6, 6.07) is 9.44. The van der Waals surface area contributed by atoms with Crippen LogP contribution in [0.3, 0.4) is 0 Å². The molecule has 1 N–H and O–H groups in total. The van der Waals surface area contributed by atoms with E-state index < -0.39 is 0 Å². The number of nitrogens with one attached hydrogen (secondary N) is 1. The quantitative estimate of drug-likeness (QED) is 0.851. The van der Waals surface area contributed by atoms with Gasteiger partial charge in [0, 0.05) is 31.7 Å². The Hall–Kier alpha value is -1.39. The molecule has 1 amide bonds. The average molecular weight is 371 g/mol. The fourth-order valence-corrected chi connectivity index (χ4v) is 5.18. The SMILES string of the molecule is O=C(NC[C@@H]1CCC2(CCN(CC3CCCCC3)CC2)O1)c1ccccc1. The lowest BCUT2D eigenvalue weighted by Crippen LogP contribution is -2.46. The molecule has 4 nitrogen and oxygen atoms in total. The molecule has 0 aromatic heterocycles. The van der Waals surface area contributed by atoms with E-state index in [-0.39, 0.29) is 17.6 Å². The normalized spacial score (nSPS) is 26.3. The summed E-state index contributed by atoms with van der Waals surface area (Å²) in [7, 11) is 0. The van der Waals surface area contributed by atoms with Crippen LogP contribution in [0.4, 0.5) is 0 Å². The van der Waals surface area contributed by atoms with E-state index in [4.69, 9.17) is 4.74 Å². The van der Waals surface area contributed by atoms with Crippen molar-refractivity contribution in [1.29, 1.82) is 0 Å². The van der Waals surface area contributed by atoms with Crippen LogP contribution in [0.15, 0.2) is 30.3 Å². The van der Waals surface area contributed by atoms with Gasteiger partial charge in [-0.1, -0.05) is 37.5 Å². The van der Waals surface area contributed by atoms with Gasteiger partial charge in [-0.15, -0.1) is 0 Å². The van der Waals surface area contributed by atoms with Crippen molar-refractivity contribution in [2.45, 2.75) is 69.5 Å². The minimum absolute atomic E-state index is 0.00227. The molecule has 148 valence electrons. The molecule has 1 saturated carbocycles. The Balaban J connectivity index is 1.20. The molecule has 0 bridgehead atoms. The molecule has 4 heteroatoms. The highest BCUT2D eigenvalue weighted by molar-refractivity contribution is 5.94. The predicted molar refractivity (Wildman–Crippen MR) is 108 cm³/mol. The number of rotatable bonds is 5. The van der Waals surface area contributed by atoms with Gasteiger partial charge in [0.05, 0.1) is 11.7 Å². The molecule has 4 rings (SSSR count). The van der Waals surface area contributed by atoms with E-state index in [1.807, 2.05) is 30.3 Å². The first kappa shape index (κ1) is 18.9. The Bertz CT molecular complexity index is 604. The number of hydrogen-bond donors (Lipinski definition) is 1. The zero-order valence-electron chi connectivity index (χ0n) is 16.5. The summed E-state index contributed by atoms with van der Waals surface area (Å²) in [5.41, 5.74) is 0.798. The Kier molecular flexibility index (Phi) is 6.14. The fourth-order valence-electron chi connectivity index (χ4n) is 5.18. The van der Waals surface area contributed by atoms with Crippen molar-refractivity contribution in [1.82, 2.24) is 10.2 Å². The molecule has 3 fully saturated rings. The molecular weight excluding hydrogens is 336 g/mol. The number of nitrogens with zero attached hydrogens (tertiary/aromatic N) is 1. The molecule has 0 radical (unpaired) electrons. The highest BCUT2D eigenvalue weighted by Gasteiger charge is 2.42. The lowest BCUT2D eigenvalue weighted by atomic mass is 9.86. The van der Waals surface area contributed by atoms with Gasteiger partial charge >= 0.3 is 0 Å². The van der Waals surface area contributed by atoms with E-state index in [0.29, 0.717) is 6.54 Å². The van der Waals surface area contributed by atoms with Gasteiger partial charge in [-0.25, -0.2) is 0 Å². The number of benzene rings is 1. The Morgan fingerprint density at radius 2 is 1.78 bits per heavy atom. The molecule has 1 aromatic carbocycles. The van der Waals surface area contributed by atoms with Crippen LogP contribution >= 0.6 is 0 Å². The van der Waals surface area contributed by atoms with Gasteiger partial charge in [-0.3, -0.25) is 4.79 Å². The Labute approximate surface area is 163 Å². The second-order valence-electron chi connectivity index (χ2n) is 8.84. The van der Waals surface area contributed by atoms with Gasteiger partial charge in [0.2, 0.25) is 0 Å². The highest BCUT2D eigenvalue weighted by Crippen LogP contribution is 2.39. The van der Waals surface area contributed by atoms with Crippen molar-refractivity contribution in [2.75, 3.05) is 26.2 Å². The van der Waals surface area contributed by atoms with Crippen molar-refractivity contribution >= 4 is 5.91 Å². The molecule has 2 aliphatic heterocycles. The minimum atomic E-state index is 0.00227. The van der Waals surface area contributed by atoms with E-state index in [2.05, 4.69) is 10.2 Å². The number of amides is 1. The van der Waals surface area contributed by atoms with Crippen molar-refractivity contribution in [3.63, 3.8) is 0 Å². The monoisotopic (exact) mass is 370 g/mol. The van der Waals surface area contributed by atoms with Crippen LogP contribution in [0, 0.1) is 5.92 Å². The lowest BCUT2D eigenvalue weighted by molar-refractivity contribution is -0.0772.